The number of halogens is 2. The van der Waals surface area contributed by atoms with Gasteiger partial charge in [0.05, 0.1) is 29.7 Å². The van der Waals surface area contributed by atoms with Gasteiger partial charge in [0.1, 0.15) is 11.6 Å². The molecule has 1 heterocycles. The normalized spacial score (nSPS) is 13.5. The fraction of sp³-hybridized carbons (Fsp3) is 0.167. The number of nitrogens with zero attached hydrogens (tertiary/aromatic N) is 2. The fourth-order valence-corrected chi connectivity index (χ4v) is 9.42. The molecule has 0 atom stereocenters. The van der Waals surface area contributed by atoms with Crippen LogP contribution in [0.5, 0.6) is 11.5 Å². The van der Waals surface area contributed by atoms with Crippen molar-refractivity contribution < 1.29 is 35.1 Å². The molecular formula is C36H32F2N2O6S2. The molecule has 48 heavy (non-hydrogen) atoms. The Morgan fingerprint density at radius 3 is 1.58 bits per heavy atom. The summed E-state index contributed by atoms with van der Waals surface area (Å²) >= 11 is 0. The Bertz CT molecular complexity index is 2070. The molecule has 1 aliphatic rings. The molecule has 1 aliphatic heterocycles. The molecule has 0 saturated carbocycles. The Balaban J connectivity index is 1.24. The van der Waals surface area contributed by atoms with E-state index in [0.29, 0.717) is 5.75 Å². The number of rotatable bonds is 10. The van der Waals surface area contributed by atoms with E-state index in [1.54, 1.807) is 26.4 Å². The Hall–Kier alpha value is -4.78. The topological polar surface area (TPSA) is 93.2 Å². The van der Waals surface area contributed by atoms with Crippen LogP contribution >= 0.6 is 0 Å². The summed E-state index contributed by atoms with van der Waals surface area (Å²) in [6, 6.07) is 25.8. The van der Waals surface area contributed by atoms with Crippen LogP contribution in [0.25, 0.3) is 11.1 Å². The molecule has 0 unspecified atom stereocenters. The number of anilines is 1. The minimum absolute atomic E-state index is 0.163. The Labute approximate surface area is 278 Å². The number of fused-ring (bicyclic) bond motifs is 1. The van der Waals surface area contributed by atoms with Crippen LogP contribution in [0, 0.1) is 11.6 Å². The summed E-state index contributed by atoms with van der Waals surface area (Å²) in [6.07, 6.45) is 0.894. The lowest BCUT2D eigenvalue weighted by atomic mass is 9.98. The van der Waals surface area contributed by atoms with E-state index >= 15 is 0 Å². The van der Waals surface area contributed by atoms with Crippen molar-refractivity contribution in [3.8, 4) is 22.6 Å². The third-order valence-electron chi connectivity index (χ3n) is 8.23. The van der Waals surface area contributed by atoms with Gasteiger partial charge in [0.25, 0.3) is 20.0 Å². The molecule has 0 N–H and O–H groups in total. The van der Waals surface area contributed by atoms with Crippen molar-refractivity contribution in [2.45, 2.75) is 29.3 Å². The van der Waals surface area contributed by atoms with Gasteiger partial charge in [0, 0.05) is 19.6 Å². The number of hydrogen-bond acceptors (Lipinski definition) is 7. The minimum Gasteiger partial charge on any atom is -0.493 e. The number of sulfonamides is 2. The molecule has 8 nitrogen and oxygen atoms in total. The van der Waals surface area contributed by atoms with Crippen LogP contribution in [0.2, 0.25) is 0 Å². The van der Waals surface area contributed by atoms with Gasteiger partial charge in [-0.1, -0.05) is 36.4 Å². The van der Waals surface area contributed by atoms with E-state index < -0.39 is 41.5 Å². The number of ether oxygens (including phenoxy) is 2. The summed E-state index contributed by atoms with van der Waals surface area (Å²) in [6.45, 7) is 2.41. The van der Waals surface area contributed by atoms with Gasteiger partial charge in [0.15, 0.2) is 11.5 Å². The second kappa shape index (κ2) is 13.4. The number of hydrogen-bond donors (Lipinski definition) is 0. The highest BCUT2D eigenvalue weighted by Gasteiger charge is 2.37. The van der Waals surface area contributed by atoms with Crippen LogP contribution in [-0.2, 0) is 39.6 Å². The summed E-state index contributed by atoms with van der Waals surface area (Å²) in [4.78, 5) is 1.51. The average Bonchev–Trinajstić information content (AvgIpc) is 3.08. The molecule has 0 aliphatic carbocycles. The van der Waals surface area contributed by atoms with Gasteiger partial charge in [-0.2, -0.15) is 3.71 Å². The Morgan fingerprint density at radius 1 is 0.646 bits per heavy atom. The predicted octanol–water partition coefficient (Wildman–Crippen LogP) is 6.79. The second-order valence-corrected chi connectivity index (χ2v) is 15.1. The van der Waals surface area contributed by atoms with E-state index in [1.807, 2.05) is 36.4 Å². The van der Waals surface area contributed by atoms with E-state index in [0.717, 1.165) is 97.0 Å². The zero-order chi connectivity index (χ0) is 34.1. The Kier molecular flexibility index (Phi) is 9.24. The zero-order valence-corrected chi connectivity index (χ0v) is 27.8. The largest absolute Gasteiger partial charge is 0.493 e. The van der Waals surface area contributed by atoms with E-state index in [-0.39, 0.29) is 9.40 Å². The van der Waals surface area contributed by atoms with Gasteiger partial charge in [-0.05, 0) is 107 Å². The highest BCUT2D eigenvalue weighted by molar-refractivity contribution is 8.10. The molecule has 0 amide bonds. The van der Waals surface area contributed by atoms with E-state index in [2.05, 4.69) is 4.90 Å². The van der Waals surface area contributed by atoms with Crippen LogP contribution in [-0.4, -0.2) is 42.5 Å². The van der Waals surface area contributed by atoms with E-state index in [1.165, 1.54) is 23.3 Å². The predicted molar refractivity (Wildman–Crippen MR) is 179 cm³/mol. The van der Waals surface area contributed by atoms with Crippen molar-refractivity contribution in [1.29, 1.82) is 0 Å². The molecule has 5 aromatic rings. The quantitative estimate of drug-likeness (QED) is 0.159. The number of benzene rings is 5. The zero-order valence-electron chi connectivity index (χ0n) is 26.1. The first-order valence-corrected chi connectivity index (χ1v) is 17.8. The van der Waals surface area contributed by atoms with Crippen LogP contribution in [0.15, 0.2) is 119 Å². The maximum absolute atomic E-state index is 13.8. The highest BCUT2D eigenvalue weighted by Crippen LogP contribution is 2.35. The van der Waals surface area contributed by atoms with Crippen LogP contribution < -0.4 is 13.2 Å². The van der Waals surface area contributed by atoms with Gasteiger partial charge >= 0.3 is 0 Å². The third-order valence-corrected chi connectivity index (χ3v) is 12.4. The van der Waals surface area contributed by atoms with Gasteiger partial charge < -0.3 is 9.47 Å². The summed E-state index contributed by atoms with van der Waals surface area (Å²) < 4.78 is 93.4. The van der Waals surface area contributed by atoms with Gasteiger partial charge in [-0.25, -0.2) is 25.6 Å². The second-order valence-electron chi connectivity index (χ2n) is 11.3. The first kappa shape index (κ1) is 33.1. The van der Waals surface area contributed by atoms with Crippen molar-refractivity contribution in [3.63, 3.8) is 0 Å². The lowest BCUT2D eigenvalue weighted by Gasteiger charge is -2.29. The molecule has 248 valence electrons. The van der Waals surface area contributed by atoms with Crippen molar-refractivity contribution in [3.05, 3.63) is 138 Å². The summed E-state index contributed by atoms with van der Waals surface area (Å²) in [7, 11) is -6.23. The average molecular weight is 691 g/mol. The van der Waals surface area contributed by atoms with Gasteiger partial charge in [-0.3, -0.25) is 4.90 Å². The molecule has 0 bridgehead atoms. The minimum atomic E-state index is -4.74. The van der Waals surface area contributed by atoms with Gasteiger partial charge in [-0.15, -0.1) is 0 Å². The van der Waals surface area contributed by atoms with Crippen LogP contribution in [0.1, 0.15) is 16.7 Å². The highest BCUT2D eigenvalue weighted by atomic mass is 32.3. The van der Waals surface area contributed by atoms with Crippen LogP contribution in [0.3, 0.4) is 0 Å². The van der Waals surface area contributed by atoms with E-state index in [4.69, 9.17) is 9.47 Å². The molecule has 6 rings (SSSR count). The molecule has 0 fully saturated rings. The molecule has 0 spiro atoms. The summed E-state index contributed by atoms with van der Waals surface area (Å²) in [5.74, 6) is 0.0724. The summed E-state index contributed by atoms with van der Waals surface area (Å²) in [5, 5.41) is 0. The first-order chi connectivity index (χ1) is 23.0. The first-order valence-electron chi connectivity index (χ1n) is 15.0. The monoisotopic (exact) mass is 690 g/mol. The standard InChI is InChI=1S/C36H32F2N2O6S2/c1-45-35-21-28-19-20-39(24-29(28)22-36(35)46-2)23-25-3-5-26(6-4-25)27-7-13-32(14-8-27)40(47(41,42)33-15-9-30(37)10-16-33)48(43,44)34-17-11-31(38)12-18-34/h3-18,21-22H,19-20,23-24H2,1-2H3. The van der Waals surface area contributed by atoms with Crippen molar-refractivity contribution in [2.24, 2.45) is 0 Å². The molecular weight excluding hydrogens is 659 g/mol. The lowest BCUT2D eigenvalue weighted by molar-refractivity contribution is 0.244. The SMILES string of the molecule is COc1cc2c(cc1OC)CN(Cc1ccc(-c3ccc(N(S(=O)(=O)c4ccc(F)cc4)S(=O)(=O)c4ccc(F)cc4)cc3)cc1)CC2. The Morgan fingerprint density at radius 2 is 1.10 bits per heavy atom. The molecule has 0 aromatic heterocycles. The molecule has 0 saturated heterocycles. The van der Waals surface area contributed by atoms with Crippen molar-refractivity contribution in [1.82, 2.24) is 4.90 Å². The maximum Gasteiger partial charge on any atom is 0.277 e. The fourth-order valence-electron chi connectivity index (χ4n) is 5.72. The van der Waals surface area contributed by atoms with Crippen LogP contribution in [0.4, 0.5) is 14.5 Å². The van der Waals surface area contributed by atoms with Crippen molar-refractivity contribution >= 4 is 25.7 Å². The third kappa shape index (κ3) is 6.64. The van der Waals surface area contributed by atoms with Crippen molar-refractivity contribution in [2.75, 3.05) is 24.5 Å². The number of methoxy groups -OCH3 is 2. The molecule has 12 heteroatoms. The molecule has 5 aromatic carbocycles. The van der Waals surface area contributed by atoms with E-state index in [9.17, 15) is 25.6 Å². The lowest BCUT2D eigenvalue weighted by Crippen LogP contribution is -2.37. The molecule has 0 radical (unpaired) electrons. The van der Waals surface area contributed by atoms with Gasteiger partial charge in [0.2, 0.25) is 0 Å². The smallest absolute Gasteiger partial charge is 0.277 e. The summed E-state index contributed by atoms with van der Waals surface area (Å²) in [5.41, 5.74) is 4.98. The maximum atomic E-state index is 13.8.